The Labute approximate surface area is 77.2 Å². The van der Waals surface area contributed by atoms with Gasteiger partial charge in [-0.2, -0.15) is 11.8 Å². The summed E-state index contributed by atoms with van der Waals surface area (Å²) < 4.78 is 0.458. The predicted molar refractivity (Wildman–Crippen MR) is 60.4 cm³/mol. The molecule has 0 aliphatic carbocycles. The molecule has 2 heteroatoms. The second-order valence-corrected chi connectivity index (χ2v) is 12.8. The minimum absolute atomic E-state index is 0.458. The molecule has 0 N–H and O–H groups in total. The molecule has 0 spiro atoms. The van der Waals surface area contributed by atoms with E-state index in [9.17, 15) is 0 Å². The molecule has 68 valence electrons. The molecule has 0 atom stereocenters. The zero-order valence-corrected chi connectivity index (χ0v) is 10.6. The second kappa shape index (κ2) is 3.99. The fourth-order valence-corrected chi connectivity index (χ4v) is 4.13. The Morgan fingerprint density at radius 2 is 1.55 bits per heavy atom. The highest BCUT2D eigenvalue weighted by atomic mass is 32.2. The average molecular weight is 190 g/mol. The topological polar surface area (TPSA) is 0 Å². The van der Waals surface area contributed by atoms with Crippen molar-refractivity contribution in [3.63, 3.8) is 0 Å². The van der Waals surface area contributed by atoms with E-state index in [2.05, 4.69) is 52.2 Å². The van der Waals surface area contributed by atoms with Crippen LogP contribution in [0.1, 0.15) is 20.8 Å². The zero-order valence-electron chi connectivity index (χ0n) is 8.82. The highest BCUT2D eigenvalue weighted by molar-refractivity contribution is 8.00. The van der Waals surface area contributed by atoms with E-state index in [1.165, 1.54) is 11.8 Å². The van der Waals surface area contributed by atoms with Crippen LogP contribution in [0.3, 0.4) is 0 Å². The molecule has 0 amide bonds. The van der Waals surface area contributed by atoms with E-state index in [0.717, 1.165) is 0 Å². The van der Waals surface area contributed by atoms with Crippen molar-refractivity contribution >= 4 is 19.8 Å². The molecule has 0 saturated heterocycles. The number of rotatable bonds is 3. The number of thioether (sulfide) groups is 1. The van der Waals surface area contributed by atoms with Crippen LogP contribution in [-0.2, 0) is 0 Å². The SMILES string of the molecule is CC(C)(C)SCC[Si](C)(C)C. The van der Waals surface area contributed by atoms with Gasteiger partial charge in [0, 0.05) is 12.8 Å². The Bertz CT molecular complexity index is 93.7. The lowest BCUT2D eigenvalue weighted by atomic mass is 10.3. The van der Waals surface area contributed by atoms with Gasteiger partial charge in [-0.15, -0.1) is 0 Å². The van der Waals surface area contributed by atoms with Crippen LogP contribution < -0.4 is 0 Å². The monoisotopic (exact) mass is 190 g/mol. The van der Waals surface area contributed by atoms with E-state index >= 15 is 0 Å². The molecule has 0 bridgehead atoms. The maximum Gasteiger partial charge on any atom is 0.0450 e. The van der Waals surface area contributed by atoms with Gasteiger partial charge in [-0.05, 0) is 11.8 Å². The van der Waals surface area contributed by atoms with Crippen LogP contribution in [0, 0.1) is 0 Å². The van der Waals surface area contributed by atoms with Crippen LogP contribution in [0.15, 0.2) is 0 Å². The van der Waals surface area contributed by atoms with Crippen molar-refractivity contribution in [3.05, 3.63) is 0 Å². The standard InChI is InChI=1S/C9H22SSi/c1-9(2,3)10-7-8-11(4,5)6/h7-8H2,1-6H3. The summed E-state index contributed by atoms with van der Waals surface area (Å²) in [4.78, 5) is 0. The molecule has 0 aromatic carbocycles. The first-order valence-corrected chi connectivity index (χ1v) is 9.04. The lowest BCUT2D eigenvalue weighted by molar-refractivity contribution is 0.803. The molecule has 11 heavy (non-hydrogen) atoms. The van der Waals surface area contributed by atoms with Gasteiger partial charge >= 0.3 is 0 Å². The Balaban J connectivity index is 3.44. The molecule has 0 heterocycles. The van der Waals surface area contributed by atoms with Gasteiger partial charge in [0.05, 0.1) is 0 Å². The van der Waals surface area contributed by atoms with Crippen LogP contribution in [-0.4, -0.2) is 18.6 Å². The molecule has 0 aliphatic heterocycles. The first-order chi connectivity index (χ1) is 4.71. The number of hydrogen-bond acceptors (Lipinski definition) is 1. The summed E-state index contributed by atoms with van der Waals surface area (Å²) in [5, 5.41) is 0. The van der Waals surface area contributed by atoms with Crippen LogP contribution >= 0.6 is 11.8 Å². The van der Waals surface area contributed by atoms with E-state index in [4.69, 9.17) is 0 Å². The van der Waals surface area contributed by atoms with Gasteiger partial charge < -0.3 is 0 Å². The third kappa shape index (κ3) is 10.6. The molecule has 0 aromatic rings. The molecule has 0 radical (unpaired) electrons. The second-order valence-electron chi connectivity index (χ2n) is 5.27. The van der Waals surface area contributed by atoms with Gasteiger partial charge in [0.2, 0.25) is 0 Å². The smallest absolute Gasteiger partial charge is 0.0450 e. The summed E-state index contributed by atoms with van der Waals surface area (Å²) in [6.45, 7) is 14.2. The van der Waals surface area contributed by atoms with Crippen LogP contribution in [0.4, 0.5) is 0 Å². The lowest BCUT2D eigenvalue weighted by Gasteiger charge is -2.21. The van der Waals surface area contributed by atoms with Crippen molar-refractivity contribution in [1.82, 2.24) is 0 Å². The van der Waals surface area contributed by atoms with Crippen molar-refractivity contribution in [3.8, 4) is 0 Å². The molecule has 0 aliphatic rings. The van der Waals surface area contributed by atoms with E-state index in [0.29, 0.717) is 4.75 Å². The van der Waals surface area contributed by atoms with Gasteiger partial charge in [0.15, 0.2) is 0 Å². The summed E-state index contributed by atoms with van der Waals surface area (Å²) in [7, 11) is -0.778. The van der Waals surface area contributed by atoms with Crippen molar-refractivity contribution in [1.29, 1.82) is 0 Å². The first-order valence-electron chi connectivity index (χ1n) is 4.35. The van der Waals surface area contributed by atoms with E-state index < -0.39 is 8.07 Å². The fraction of sp³-hybridized carbons (Fsp3) is 1.00. The van der Waals surface area contributed by atoms with Crippen molar-refractivity contribution in [2.45, 2.75) is 51.2 Å². The highest BCUT2D eigenvalue weighted by Gasteiger charge is 2.15. The van der Waals surface area contributed by atoms with Gasteiger partial charge in [0.25, 0.3) is 0 Å². The Hall–Kier alpha value is 0.567. The van der Waals surface area contributed by atoms with E-state index in [1.54, 1.807) is 0 Å². The number of hydrogen-bond donors (Lipinski definition) is 0. The molecular formula is C9H22SSi. The Morgan fingerprint density at radius 1 is 1.09 bits per heavy atom. The summed E-state index contributed by atoms with van der Waals surface area (Å²) >= 11 is 2.10. The Morgan fingerprint density at radius 3 is 1.82 bits per heavy atom. The molecule has 0 aromatic heterocycles. The molecule has 0 nitrogen and oxygen atoms in total. The van der Waals surface area contributed by atoms with Crippen molar-refractivity contribution in [2.24, 2.45) is 0 Å². The molecular weight excluding hydrogens is 168 g/mol. The van der Waals surface area contributed by atoms with Gasteiger partial charge in [-0.1, -0.05) is 40.4 Å². The van der Waals surface area contributed by atoms with Gasteiger partial charge in [-0.25, -0.2) is 0 Å². The summed E-state index contributed by atoms with van der Waals surface area (Å²) in [6.07, 6.45) is 0. The maximum atomic E-state index is 2.44. The van der Waals surface area contributed by atoms with Crippen LogP contribution in [0.25, 0.3) is 0 Å². The summed E-state index contributed by atoms with van der Waals surface area (Å²) in [5.74, 6) is 1.35. The predicted octanol–water partition coefficient (Wildman–Crippen LogP) is 3.86. The van der Waals surface area contributed by atoms with Crippen LogP contribution in [0.5, 0.6) is 0 Å². The maximum absolute atomic E-state index is 2.44. The lowest BCUT2D eigenvalue weighted by Crippen LogP contribution is -2.21. The van der Waals surface area contributed by atoms with Gasteiger partial charge in [0.1, 0.15) is 0 Å². The van der Waals surface area contributed by atoms with E-state index in [-0.39, 0.29) is 0 Å². The Kier molecular flexibility index (Phi) is 4.20. The quantitative estimate of drug-likeness (QED) is 0.609. The van der Waals surface area contributed by atoms with Gasteiger partial charge in [-0.3, -0.25) is 0 Å². The molecule has 0 rings (SSSR count). The fourth-order valence-electron chi connectivity index (χ4n) is 0.663. The average Bonchev–Trinajstić information content (AvgIpc) is 1.55. The van der Waals surface area contributed by atoms with Crippen LogP contribution in [0.2, 0.25) is 25.7 Å². The third-order valence-corrected chi connectivity index (χ3v) is 4.77. The minimum atomic E-state index is -0.778. The normalized spacial score (nSPS) is 13.6. The zero-order chi connectivity index (χ0) is 9.12. The molecule has 0 saturated carbocycles. The summed E-state index contributed by atoms with van der Waals surface area (Å²) in [6, 6.07) is 1.45. The largest absolute Gasteiger partial charge is 0.156 e. The minimum Gasteiger partial charge on any atom is -0.156 e. The van der Waals surface area contributed by atoms with E-state index in [1.807, 2.05) is 0 Å². The highest BCUT2D eigenvalue weighted by Crippen LogP contribution is 2.25. The van der Waals surface area contributed by atoms with Crippen molar-refractivity contribution < 1.29 is 0 Å². The molecule has 0 unspecified atom stereocenters. The molecule has 0 fully saturated rings. The van der Waals surface area contributed by atoms with Crippen molar-refractivity contribution in [2.75, 3.05) is 5.75 Å². The first kappa shape index (κ1) is 11.6. The summed E-state index contributed by atoms with van der Waals surface area (Å²) in [5.41, 5.74) is 0. The third-order valence-electron chi connectivity index (χ3n) is 1.39.